The summed E-state index contributed by atoms with van der Waals surface area (Å²) in [5.74, 6) is 2.30. The summed E-state index contributed by atoms with van der Waals surface area (Å²) in [6.07, 6.45) is 5.37. The number of aliphatic imine (C=N–C) groups is 1. The smallest absolute Gasteiger partial charge is 0.0918 e. The number of rotatable bonds is 3. The lowest BCUT2D eigenvalue weighted by atomic mass is 9.69. The van der Waals surface area contributed by atoms with Gasteiger partial charge in [0.1, 0.15) is 0 Å². The fraction of sp³-hybridized carbons (Fsp3) is 0.562. The van der Waals surface area contributed by atoms with Gasteiger partial charge < -0.3 is 0 Å². The van der Waals surface area contributed by atoms with Crippen molar-refractivity contribution in [3.63, 3.8) is 0 Å². The first-order chi connectivity index (χ1) is 8.76. The van der Waals surface area contributed by atoms with Crippen LogP contribution in [0.25, 0.3) is 0 Å². The average Bonchev–Trinajstić information content (AvgIpc) is 2.40. The molecule has 0 saturated heterocycles. The molecule has 0 radical (unpaired) electrons. The molecule has 1 aliphatic rings. The Hall–Kier alpha value is -1.40. The Morgan fingerprint density at radius 3 is 2.61 bits per heavy atom. The van der Waals surface area contributed by atoms with E-state index < -0.39 is 0 Å². The fourth-order valence-corrected chi connectivity index (χ4v) is 3.42. The van der Waals surface area contributed by atoms with Gasteiger partial charge >= 0.3 is 0 Å². The molecule has 1 saturated carbocycles. The average molecular weight is 242 g/mol. The Morgan fingerprint density at radius 2 is 2.00 bits per heavy atom. The maximum absolute atomic E-state index is 6.87. The van der Waals surface area contributed by atoms with Crippen molar-refractivity contribution in [1.82, 2.24) is 0 Å². The van der Waals surface area contributed by atoms with Gasteiger partial charge in [-0.2, -0.15) is 4.99 Å². The topological polar surface area (TPSA) is 36.2 Å². The van der Waals surface area contributed by atoms with E-state index in [0.717, 1.165) is 17.5 Å². The molecule has 2 heteroatoms. The molecular formula is C16H22N2. The van der Waals surface area contributed by atoms with Crippen LogP contribution in [0, 0.1) is 17.2 Å². The first kappa shape index (κ1) is 13.0. The quantitative estimate of drug-likeness (QED) is 0.724. The lowest BCUT2D eigenvalue weighted by Crippen LogP contribution is -2.24. The Labute approximate surface area is 110 Å². The number of hydrogen-bond donors (Lipinski definition) is 1. The highest BCUT2D eigenvalue weighted by Crippen LogP contribution is 2.43. The van der Waals surface area contributed by atoms with Crippen molar-refractivity contribution in [2.45, 2.75) is 45.4 Å². The standard InChI is InChI=1S/C16H22N2/c1-3-13-6-4-5-12(2)16(13)14-7-9-15(10-8-14)18-11-17/h7-10,12-13,16-17H,3-6H2,1-2H3. The van der Waals surface area contributed by atoms with Crippen LogP contribution >= 0.6 is 0 Å². The lowest BCUT2D eigenvalue weighted by Gasteiger charge is -2.36. The molecule has 1 N–H and O–H groups in total. The van der Waals surface area contributed by atoms with Crippen LogP contribution in [0.2, 0.25) is 0 Å². The van der Waals surface area contributed by atoms with Crippen molar-refractivity contribution >= 4 is 11.7 Å². The highest BCUT2D eigenvalue weighted by atomic mass is 14.7. The Kier molecular flexibility index (Phi) is 4.33. The normalized spacial score (nSPS) is 27.6. The van der Waals surface area contributed by atoms with Gasteiger partial charge in [-0.15, -0.1) is 0 Å². The summed E-state index contributed by atoms with van der Waals surface area (Å²) in [6, 6.07) is 10.5. The third kappa shape index (κ3) is 2.70. The molecule has 0 aliphatic heterocycles. The van der Waals surface area contributed by atoms with Crippen molar-refractivity contribution in [3.05, 3.63) is 29.8 Å². The molecule has 0 spiro atoms. The van der Waals surface area contributed by atoms with Crippen molar-refractivity contribution in [3.8, 4) is 0 Å². The second-order valence-electron chi connectivity index (χ2n) is 5.42. The van der Waals surface area contributed by atoms with E-state index in [-0.39, 0.29) is 0 Å². The summed E-state index contributed by atoms with van der Waals surface area (Å²) in [7, 11) is 0. The van der Waals surface area contributed by atoms with E-state index in [1.807, 2.05) is 12.1 Å². The third-order valence-electron chi connectivity index (χ3n) is 4.34. The van der Waals surface area contributed by atoms with Gasteiger partial charge in [-0.1, -0.05) is 45.2 Å². The zero-order chi connectivity index (χ0) is 13.0. The van der Waals surface area contributed by atoms with E-state index >= 15 is 0 Å². The van der Waals surface area contributed by atoms with Crippen molar-refractivity contribution in [2.24, 2.45) is 16.8 Å². The molecule has 3 atom stereocenters. The summed E-state index contributed by atoms with van der Waals surface area (Å²) in [5.41, 5.74) is 2.27. The van der Waals surface area contributed by atoms with Crippen LogP contribution in [-0.2, 0) is 0 Å². The summed E-state index contributed by atoms with van der Waals surface area (Å²) in [6.45, 7) is 4.69. The Balaban J connectivity index is 2.24. The molecule has 18 heavy (non-hydrogen) atoms. The summed E-state index contributed by atoms with van der Waals surface area (Å²) in [5, 5.41) is 6.87. The molecular weight excluding hydrogens is 220 g/mol. The SMILES string of the molecule is CCC1CCCC(C)C1c1ccc(N=C=N)cc1. The van der Waals surface area contributed by atoms with Crippen molar-refractivity contribution < 1.29 is 0 Å². The first-order valence-electron chi connectivity index (χ1n) is 6.98. The van der Waals surface area contributed by atoms with Gasteiger partial charge in [0.2, 0.25) is 0 Å². The molecule has 0 bridgehead atoms. The molecule has 2 nitrogen and oxygen atoms in total. The van der Waals surface area contributed by atoms with Crippen molar-refractivity contribution in [1.29, 1.82) is 5.41 Å². The van der Waals surface area contributed by atoms with Gasteiger partial charge in [0, 0.05) is 0 Å². The Morgan fingerprint density at radius 1 is 1.28 bits per heavy atom. The summed E-state index contributed by atoms with van der Waals surface area (Å²) >= 11 is 0. The minimum atomic E-state index is 0.696. The van der Waals surface area contributed by atoms with Gasteiger partial charge in [-0.25, -0.2) is 5.41 Å². The van der Waals surface area contributed by atoms with Crippen LogP contribution in [0.5, 0.6) is 0 Å². The van der Waals surface area contributed by atoms with E-state index in [4.69, 9.17) is 5.41 Å². The number of nitrogens with one attached hydrogen (secondary N) is 1. The lowest BCUT2D eigenvalue weighted by molar-refractivity contribution is 0.227. The van der Waals surface area contributed by atoms with Crippen LogP contribution in [0.15, 0.2) is 29.3 Å². The molecule has 2 rings (SSSR count). The van der Waals surface area contributed by atoms with E-state index in [1.54, 1.807) is 0 Å². The molecule has 1 aromatic carbocycles. The molecule has 0 aromatic heterocycles. The maximum atomic E-state index is 6.87. The van der Waals surface area contributed by atoms with Gasteiger partial charge in [0.15, 0.2) is 0 Å². The molecule has 96 valence electrons. The van der Waals surface area contributed by atoms with Crippen molar-refractivity contribution in [2.75, 3.05) is 0 Å². The second kappa shape index (κ2) is 5.97. The molecule has 0 amide bonds. The van der Waals surface area contributed by atoms with Crippen LogP contribution < -0.4 is 0 Å². The highest BCUT2D eigenvalue weighted by Gasteiger charge is 2.30. The van der Waals surface area contributed by atoms with Crippen LogP contribution in [0.3, 0.4) is 0 Å². The predicted octanol–water partition coefficient (Wildman–Crippen LogP) is 5.00. The van der Waals surface area contributed by atoms with Gasteiger partial charge in [-0.05, 0) is 41.9 Å². The van der Waals surface area contributed by atoms with E-state index in [9.17, 15) is 0 Å². The predicted molar refractivity (Wildman–Crippen MR) is 75.8 cm³/mol. The van der Waals surface area contributed by atoms with Gasteiger partial charge in [-0.3, -0.25) is 0 Å². The largest absolute Gasteiger partial charge is 0.241 e. The summed E-state index contributed by atoms with van der Waals surface area (Å²) < 4.78 is 0. The summed E-state index contributed by atoms with van der Waals surface area (Å²) in [4.78, 5) is 3.87. The fourth-order valence-electron chi connectivity index (χ4n) is 3.42. The number of nitrogens with zero attached hydrogens (tertiary/aromatic N) is 1. The molecule has 3 unspecified atom stereocenters. The molecule has 0 heterocycles. The van der Waals surface area contributed by atoms with Crippen LogP contribution in [-0.4, -0.2) is 6.01 Å². The number of hydrogen-bond acceptors (Lipinski definition) is 2. The minimum absolute atomic E-state index is 0.696. The maximum Gasteiger partial charge on any atom is 0.0918 e. The Bertz CT molecular complexity index is 429. The monoisotopic (exact) mass is 242 g/mol. The van der Waals surface area contributed by atoms with Gasteiger partial charge in [0.05, 0.1) is 11.7 Å². The zero-order valence-electron chi connectivity index (χ0n) is 11.3. The minimum Gasteiger partial charge on any atom is -0.241 e. The van der Waals surface area contributed by atoms with Crippen LogP contribution in [0.4, 0.5) is 5.69 Å². The van der Waals surface area contributed by atoms with E-state index in [2.05, 4.69) is 37.0 Å². The van der Waals surface area contributed by atoms with E-state index in [1.165, 1.54) is 31.2 Å². The highest BCUT2D eigenvalue weighted by molar-refractivity contribution is 5.50. The molecule has 1 aliphatic carbocycles. The van der Waals surface area contributed by atoms with Gasteiger partial charge in [0.25, 0.3) is 0 Å². The third-order valence-corrected chi connectivity index (χ3v) is 4.34. The van der Waals surface area contributed by atoms with E-state index in [0.29, 0.717) is 5.92 Å². The zero-order valence-corrected chi connectivity index (χ0v) is 11.3. The first-order valence-corrected chi connectivity index (χ1v) is 6.98. The van der Waals surface area contributed by atoms with Crippen LogP contribution in [0.1, 0.15) is 51.0 Å². The second-order valence-corrected chi connectivity index (χ2v) is 5.42. The molecule has 1 fully saturated rings. The number of benzene rings is 1. The molecule has 1 aromatic rings.